The molecule has 0 aromatic heterocycles. The first-order valence-electron chi connectivity index (χ1n) is 9.44. The zero-order valence-electron chi connectivity index (χ0n) is 16.0. The van der Waals surface area contributed by atoms with E-state index in [2.05, 4.69) is 5.32 Å². The Balaban J connectivity index is 1.44. The average Bonchev–Trinajstić information content (AvgIpc) is 2.74. The molecule has 2 aromatic carbocycles. The Morgan fingerprint density at radius 1 is 1.07 bits per heavy atom. The minimum absolute atomic E-state index is 0.0236. The van der Waals surface area contributed by atoms with E-state index in [1.54, 1.807) is 37.4 Å². The summed E-state index contributed by atoms with van der Waals surface area (Å²) in [6.07, 6.45) is 1.81. The van der Waals surface area contributed by atoms with Gasteiger partial charge in [-0.1, -0.05) is 30.3 Å². The molecule has 1 fully saturated rings. The van der Waals surface area contributed by atoms with Gasteiger partial charge in [0.25, 0.3) is 0 Å². The van der Waals surface area contributed by atoms with Crippen LogP contribution >= 0.6 is 0 Å². The minimum atomic E-state index is -3.43. The number of nitrogens with one attached hydrogen (secondary N) is 1. The zero-order chi connectivity index (χ0) is 20.0. The van der Waals surface area contributed by atoms with Gasteiger partial charge in [-0.25, -0.2) is 8.42 Å². The molecule has 0 bridgehead atoms. The first-order valence-corrected chi connectivity index (χ1v) is 10.9. The van der Waals surface area contributed by atoms with E-state index in [1.165, 1.54) is 4.31 Å². The number of sulfonamides is 1. The summed E-state index contributed by atoms with van der Waals surface area (Å²) in [5.41, 5.74) is 0.932. The van der Waals surface area contributed by atoms with Gasteiger partial charge < -0.3 is 10.1 Å². The van der Waals surface area contributed by atoms with Gasteiger partial charge in [0.05, 0.1) is 18.4 Å². The molecular formula is C21H26N2O4S. The summed E-state index contributed by atoms with van der Waals surface area (Å²) in [5.74, 6) is 1.04. The predicted octanol–water partition coefficient (Wildman–Crippen LogP) is 2.45. The Labute approximate surface area is 166 Å². The van der Waals surface area contributed by atoms with E-state index < -0.39 is 10.0 Å². The zero-order valence-corrected chi connectivity index (χ0v) is 16.8. The monoisotopic (exact) mass is 402 g/mol. The topological polar surface area (TPSA) is 75.7 Å². The van der Waals surface area contributed by atoms with E-state index in [0.29, 0.717) is 36.9 Å². The lowest BCUT2D eigenvalue weighted by molar-refractivity contribution is -0.120. The van der Waals surface area contributed by atoms with Crippen molar-refractivity contribution in [1.29, 1.82) is 0 Å². The van der Waals surface area contributed by atoms with Crippen LogP contribution in [0.4, 0.5) is 0 Å². The normalized spacial score (nSPS) is 15.9. The fraction of sp³-hybridized carbons (Fsp3) is 0.381. The molecule has 1 aliphatic rings. The Morgan fingerprint density at radius 2 is 1.71 bits per heavy atom. The number of carbonyl (C=O) groups excluding carboxylic acids is 1. The minimum Gasteiger partial charge on any atom is -0.497 e. The van der Waals surface area contributed by atoms with Crippen molar-refractivity contribution in [3.63, 3.8) is 0 Å². The molecule has 1 aliphatic heterocycles. The van der Waals surface area contributed by atoms with Crippen molar-refractivity contribution in [2.45, 2.75) is 24.2 Å². The molecular weight excluding hydrogens is 376 g/mol. The number of ether oxygens (including phenoxy) is 1. The second-order valence-electron chi connectivity index (χ2n) is 6.99. The molecule has 0 atom stereocenters. The number of amides is 1. The van der Waals surface area contributed by atoms with E-state index in [4.69, 9.17) is 4.74 Å². The molecule has 1 saturated heterocycles. The largest absolute Gasteiger partial charge is 0.497 e. The Hall–Kier alpha value is -2.38. The molecule has 0 saturated carbocycles. The summed E-state index contributed by atoms with van der Waals surface area (Å²) < 4.78 is 32.0. The molecule has 3 rings (SSSR count). The van der Waals surface area contributed by atoms with Crippen LogP contribution in [0.1, 0.15) is 18.4 Å². The molecule has 0 unspecified atom stereocenters. The summed E-state index contributed by atoms with van der Waals surface area (Å²) in [4.78, 5) is 12.5. The quantitative estimate of drug-likeness (QED) is 0.772. The third kappa shape index (κ3) is 5.11. The summed E-state index contributed by atoms with van der Waals surface area (Å²) in [6, 6.07) is 16.0. The van der Waals surface area contributed by atoms with Gasteiger partial charge in [-0.15, -0.1) is 0 Å². The van der Waals surface area contributed by atoms with Crippen LogP contribution in [0.15, 0.2) is 59.5 Å². The standard InChI is InChI=1S/C21H26N2O4S/c1-27-19-9-7-17(8-10-19)15-21(24)22-16-18-11-13-23(14-12-18)28(25,26)20-5-3-2-4-6-20/h2-10,18H,11-16H2,1H3,(H,22,24). The Kier molecular flexibility index (Phi) is 6.70. The van der Waals surface area contributed by atoms with Gasteiger partial charge in [0.15, 0.2) is 0 Å². The fourth-order valence-corrected chi connectivity index (χ4v) is 4.84. The number of benzene rings is 2. The fourth-order valence-electron chi connectivity index (χ4n) is 3.34. The van der Waals surface area contributed by atoms with Gasteiger partial charge in [-0.2, -0.15) is 4.31 Å². The molecule has 6 nitrogen and oxygen atoms in total. The molecule has 1 heterocycles. The maximum absolute atomic E-state index is 12.7. The predicted molar refractivity (Wildman–Crippen MR) is 108 cm³/mol. The van der Waals surface area contributed by atoms with E-state index in [9.17, 15) is 13.2 Å². The van der Waals surface area contributed by atoms with Gasteiger partial charge in [0.2, 0.25) is 15.9 Å². The number of hydrogen-bond acceptors (Lipinski definition) is 4. The molecule has 0 radical (unpaired) electrons. The number of carbonyl (C=O) groups is 1. The van der Waals surface area contributed by atoms with E-state index >= 15 is 0 Å². The van der Waals surface area contributed by atoms with Gasteiger partial charge >= 0.3 is 0 Å². The van der Waals surface area contributed by atoms with Crippen molar-refractivity contribution in [2.24, 2.45) is 5.92 Å². The third-order valence-corrected chi connectivity index (χ3v) is 6.98. The highest BCUT2D eigenvalue weighted by Crippen LogP contribution is 2.23. The number of methoxy groups -OCH3 is 1. The van der Waals surface area contributed by atoms with Crippen LogP contribution in [0.25, 0.3) is 0 Å². The van der Waals surface area contributed by atoms with Crippen molar-refractivity contribution in [2.75, 3.05) is 26.7 Å². The molecule has 1 amide bonds. The van der Waals surface area contributed by atoms with Crippen LogP contribution in [0.3, 0.4) is 0 Å². The second-order valence-corrected chi connectivity index (χ2v) is 8.93. The molecule has 1 N–H and O–H groups in total. The van der Waals surface area contributed by atoms with Crippen LogP contribution < -0.4 is 10.1 Å². The summed E-state index contributed by atoms with van der Waals surface area (Å²) >= 11 is 0. The van der Waals surface area contributed by atoms with Gasteiger partial charge in [0.1, 0.15) is 5.75 Å². The van der Waals surface area contributed by atoms with Crippen LogP contribution in [0, 0.1) is 5.92 Å². The maximum Gasteiger partial charge on any atom is 0.243 e. The van der Waals surface area contributed by atoms with Crippen LogP contribution in [0.5, 0.6) is 5.75 Å². The van der Waals surface area contributed by atoms with Crippen molar-refractivity contribution >= 4 is 15.9 Å². The van der Waals surface area contributed by atoms with Gasteiger partial charge in [-0.05, 0) is 48.6 Å². The smallest absolute Gasteiger partial charge is 0.243 e. The molecule has 0 spiro atoms. The lowest BCUT2D eigenvalue weighted by Crippen LogP contribution is -2.41. The Morgan fingerprint density at radius 3 is 2.32 bits per heavy atom. The highest BCUT2D eigenvalue weighted by Gasteiger charge is 2.29. The lowest BCUT2D eigenvalue weighted by Gasteiger charge is -2.31. The number of hydrogen-bond donors (Lipinski definition) is 1. The average molecular weight is 403 g/mol. The SMILES string of the molecule is COc1ccc(CC(=O)NCC2CCN(S(=O)(=O)c3ccccc3)CC2)cc1. The Bertz CT molecular complexity index is 874. The second kappa shape index (κ2) is 9.21. The van der Waals surface area contributed by atoms with Crippen LogP contribution in [0.2, 0.25) is 0 Å². The molecule has 28 heavy (non-hydrogen) atoms. The molecule has 0 aliphatic carbocycles. The van der Waals surface area contributed by atoms with Gasteiger partial charge in [0, 0.05) is 19.6 Å². The van der Waals surface area contributed by atoms with Crippen molar-refractivity contribution in [3.05, 3.63) is 60.2 Å². The lowest BCUT2D eigenvalue weighted by atomic mass is 9.98. The molecule has 2 aromatic rings. The van der Waals surface area contributed by atoms with E-state index in [-0.39, 0.29) is 5.91 Å². The number of nitrogens with zero attached hydrogens (tertiary/aromatic N) is 1. The van der Waals surface area contributed by atoms with E-state index in [1.807, 2.05) is 24.3 Å². The van der Waals surface area contributed by atoms with Gasteiger partial charge in [-0.3, -0.25) is 4.79 Å². The van der Waals surface area contributed by atoms with Crippen molar-refractivity contribution in [1.82, 2.24) is 9.62 Å². The molecule has 150 valence electrons. The van der Waals surface area contributed by atoms with Crippen molar-refractivity contribution < 1.29 is 17.9 Å². The maximum atomic E-state index is 12.7. The highest BCUT2D eigenvalue weighted by molar-refractivity contribution is 7.89. The third-order valence-electron chi connectivity index (χ3n) is 5.07. The first-order chi connectivity index (χ1) is 13.5. The highest BCUT2D eigenvalue weighted by atomic mass is 32.2. The first kappa shape index (κ1) is 20.4. The number of piperidine rings is 1. The summed E-state index contributed by atoms with van der Waals surface area (Å²) in [6.45, 7) is 1.54. The van der Waals surface area contributed by atoms with Crippen LogP contribution in [-0.2, 0) is 21.2 Å². The molecule has 7 heteroatoms. The summed E-state index contributed by atoms with van der Waals surface area (Å²) in [5, 5.41) is 2.98. The van der Waals surface area contributed by atoms with E-state index in [0.717, 1.165) is 24.2 Å². The summed E-state index contributed by atoms with van der Waals surface area (Å²) in [7, 11) is -1.82. The van der Waals surface area contributed by atoms with Crippen LogP contribution in [-0.4, -0.2) is 45.4 Å². The number of rotatable bonds is 7. The van der Waals surface area contributed by atoms with Crippen molar-refractivity contribution in [3.8, 4) is 5.75 Å².